The van der Waals surface area contributed by atoms with E-state index in [9.17, 15) is 9.18 Å². The van der Waals surface area contributed by atoms with Crippen molar-refractivity contribution in [2.75, 3.05) is 13.2 Å². The minimum Gasteiger partial charge on any atom is -0.494 e. The van der Waals surface area contributed by atoms with E-state index >= 15 is 0 Å². The zero-order valence-corrected chi connectivity index (χ0v) is 32.1. The first-order valence-electron chi connectivity index (χ1n) is 19.8. The Morgan fingerprint density at radius 2 is 1.27 bits per heavy atom. The summed E-state index contributed by atoms with van der Waals surface area (Å²) in [4.78, 5) is 13.5. The van der Waals surface area contributed by atoms with Crippen molar-refractivity contribution in [3.05, 3.63) is 161 Å². The monoisotopic (exact) mass is 732 g/mol. The maximum atomic E-state index is 14.3. The summed E-state index contributed by atoms with van der Waals surface area (Å²) in [5.74, 6) is 0.591. The van der Waals surface area contributed by atoms with Crippen LogP contribution >= 0.6 is 0 Å². The first-order valence-corrected chi connectivity index (χ1v) is 19.8. The normalized spacial score (nSPS) is 14.7. The Morgan fingerprint density at radius 1 is 0.673 bits per heavy atom. The van der Waals surface area contributed by atoms with Gasteiger partial charge in [0.2, 0.25) is 0 Å². The van der Waals surface area contributed by atoms with E-state index < -0.39 is 11.6 Å². The molecule has 0 bridgehead atoms. The molecular weight excluding hydrogens is 684 g/mol. The third kappa shape index (κ3) is 8.22. The van der Waals surface area contributed by atoms with Crippen LogP contribution in [-0.2, 0) is 16.8 Å². The molecule has 6 aromatic carbocycles. The molecule has 6 aromatic rings. The molecule has 0 N–H and O–H groups in total. The summed E-state index contributed by atoms with van der Waals surface area (Å²) in [6.45, 7) is 7.11. The average molecular weight is 733 g/mol. The van der Waals surface area contributed by atoms with E-state index in [-0.39, 0.29) is 12.4 Å². The zero-order chi connectivity index (χ0) is 38.2. The average Bonchev–Trinajstić information content (AvgIpc) is 3.22. The number of hydrogen-bond acceptors (Lipinski definition) is 4. The van der Waals surface area contributed by atoms with E-state index in [4.69, 9.17) is 14.2 Å². The largest absolute Gasteiger partial charge is 0.494 e. The lowest BCUT2D eigenvalue weighted by molar-refractivity contribution is 0.0524. The van der Waals surface area contributed by atoms with Crippen molar-refractivity contribution >= 4 is 22.8 Å². The molecule has 0 amide bonds. The molecule has 5 heteroatoms. The van der Waals surface area contributed by atoms with Crippen molar-refractivity contribution in [2.45, 2.75) is 71.3 Å². The summed E-state index contributed by atoms with van der Waals surface area (Å²) in [5, 5.41) is 1.70. The van der Waals surface area contributed by atoms with E-state index in [1.54, 1.807) is 19.1 Å². The second-order valence-electron chi connectivity index (χ2n) is 14.3. The topological polar surface area (TPSA) is 44.8 Å². The minimum atomic E-state index is -1.11. The van der Waals surface area contributed by atoms with E-state index in [0.29, 0.717) is 23.5 Å². The molecule has 0 fully saturated rings. The van der Waals surface area contributed by atoms with Crippen LogP contribution in [0.1, 0.15) is 91.9 Å². The fraction of sp³-hybridized carbons (Fsp3) is 0.260. The molecule has 55 heavy (non-hydrogen) atoms. The first kappa shape index (κ1) is 37.6. The lowest BCUT2D eigenvalue weighted by Crippen LogP contribution is -2.34. The number of hydrogen-bond donors (Lipinski definition) is 0. The number of aryl methyl sites for hydroxylation is 1. The molecule has 1 unspecified atom stereocenters. The van der Waals surface area contributed by atoms with Gasteiger partial charge in [0, 0.05) is 22.1 Å². The van der Waals surface area contributed by atoms with Crippen LogP contribution in [0.2, 0.25) is 0 Å². The number of benzene rings is 6. The van der Waals surface area contributed by atoms with E-state index in [2.05, 4.69) is 80.6 Å². The summed E-state index contributed by atoms with van der Waals surface area (Å²) in [6, 6.07) is 40.0. The summed E-state index contributed by atoms with van der Waals surface area (Å²) < 4.78 is 33.0. The van der Waals surface area contributed by atoms with Gasteiger partial charge in [-0.1, -0.05) is 124 Å². The number of carbonyl (C=O) groups excluding carboxylic acids is 1. The van der Waals surface area contributed by atoms with Crippen LogP contribution < -0.4 is 9.47 Å². The van der Waals surface area contributed by atoms with Gasteiger partial charge in [-0.15, -0.1) is 0 Å². The molecule has 0 aromatic heterocycles. The van der Waals surface area contributed by atoms with Gasteiger partial charge in [-0.25, -0.2) is 9.18 Å². The van der Waals surface area contributed by atoms with Gasteiger partial charge in [-0.3, -0.25) is 0 Å². The number of esters is 1. The number of rotatable bonds is 15. The highest BCUT2D eigenvalue weighted by Crippen LogP contribution is 2.47. The van der Waals surface area contributed by atoms with Crippen molar-refractivity contribution in [1.82, 2.24) is 0 Å². The molecule has 1 atom stereocenters. The van der Waals surface area contributed by atoms with Crippen LogP contribution in [0.15, 0.2) is 127 Å². The molecule has 0 saturated heterocycles. The number of unbranched alkanes of at least 4 members (excludes halogenated alkanes) is 4. The number of carbonyl (C=O) groups is 1. The second kappa shape index (κ2) is 17.2. The predicted octanol–water partition coefficient (Wildman–Crippen LogP) is 13.1. The van der Waals surface area contributed by atoms with Crippen molar-refractivity contribution in [3.8, 4) is 33.8 Å². The number of halogens is 1. The molecule has 4 nitrogen and oxygen atoms in total. The smallest absolute Gasteiger partial charge is 0.338 e. The molecule has 0 aliphatic carbocycles. The van der Waals surface area contributed by atoms with Crippen molar-refractivity contribution in [1.29, 1.82) is 0 Å². The van der Waals surface area contributed by atoms with Gasteiger partial charge < -0.3 is 14.2 Å². The van der Waals surface area contributed by atoms with Crippen molar-refractivity contribution in [3.63, 3.8) is 0 Å². The van der Waals surface area contributed by atoms with Gasteiger partial charge in [0.1, 0.15) is 17.3 Å². The Hall–Kier alpha value is -5.68. The SMILES string of the molecule is CCCCCOc1ccc(C2(c3ccc(F)cc3)C=Cc3c(C(=O)OCC)cc4cc(-c5ccc(-c6ccc(CCCCC)cc6)cc5)ccc4c3O2)cc1. The highest BCUT2D eigenvalue weighted by molar-refractivity contribution is 6.05. The number of fused-ring (bicyclic) bond motifs is 3. The zero-order valence-electron chi connectivity index (χ0n) is 32.1. The molecule has 280 valence electrons. The summed E-state index contributed by atoms with van der Waals surface area (Å²) in [5.41, 5.74) is 7.39. The third-order valence-corrected chi connectivity index (χ3v) is 10.5. The Kier molecular flexibility index (Phi) is 11.8. The van der Waals surface area contributed by atoms with Crippen LogP contribution in [0.5, 0.6) is 11.5 Å². The predicted molar refractivity (Wildman–Crippen MR) is 222 cm³/mol. The molecule has 1 heterocycles. The fourth-order valence-electron chi connectivity index (χ4n) is 7.43. The molecule has 0 saturated carbocycles. The third-order valence-electron chi connectivity index (χ3n) is 10.5. The highest BCUT2D eigenvalue weighted by Gasteiger charge is 2.39. The van der Waals surface area contributed by atoms with Crippen LogP contribution in [0.3, 0.4) is 0 Å². The highest BCUT2D eigenvalue weighted by atomic mass is 19.1. The molecule has 7 rings (SSSR count). The quantitative estimate of drug-likeness (QED) is 0.0779. The van der Waals surface area contributed by atoms with Gasteiger partial charge in [-0.05, 0) is 108 Å². The van der Waals surface area contributed by atoms with Crippen LogP contribution in [0.25, 0.3) is 39.1 Å². The summed E-state index contributed by atoms with van der Waals surface area (Å²) in [6.07, 6.45) is 12.0. The van der Waals surface area contributed by atoms with Gasteiger partial charge in [0.05, 0.1) is 18.8 Å². The van der Waals surface area contributed by atoms with E-state index in [0.717, 1.165) is 70.0 Å². The molecular formula is C50H49FO4. The number of ether oxygens (including phenoxy) is 3. The molecule has 0 spiro atoms. The van der Waals surface area contributed by atoms with Gasteiger partial charge in [-0.2, -0.15) is 0 Å². The van der Waals surface area contributed by atoms with Gasteiger partial charge in [0.25, 0.3) is 0 Å². The fourth-order valence-corrected chi connectivity index (χ4v) is 7.43. The Labute approximate surface area is 324 Å². The summed E-state index contributed by atoms with van der Waals surface area (Å²) >= 11 is 0. The van der Waals surface area contributed by atoms with Crippen LogP contribution in [0.4, 0.5) is 4.39 Å². The standard InChI is InChI=1S/C50H49FO4/c1-4-7-9-11-35-12-14-36(15-13-35)37-16-18-38(19-17-37)39-20-29-45-40(33-39)34-47(49(52)53-6-3)46-30-31-50(55-48(45)46,41-21-25-43(51)26-22-41)42-23-27-44(28-24-42)54-32-10-8-5-2/h12-31,33-34H,4-11,32H2,1-3H3. The van der Waals surface area contributed by atoms with E-state index in [1.165, 1.54) is 42.5 Å². The molecule has 1 aliphatic heterocycles. The Balaban J connectivity index is 1.25. The second-order valence-corrected chi connectivity index (χ2v) is 14.3. The van der Waals surface area contributed by atoms with Gasteiger partial charge in [0.15, 0.2) is 5.60 Å². The molecule has 0 radical (unpaired) electrons. The summed E-state index contributed by atoms with van der Waals surface area (Å²) in [7, 11) is 0. The molecule has 1 aliphatic rings. The maximum Gasteiger partial charge on any atom is 0.338 e. The maximum absolute atomic E-state index is 14.3. The Morgan fingerprint density at radius 3 is 1.93 bits per heavy atom. The van der Waals surface area contributed by atoms with Crippen molar-refractivity contribution < 1.29 is 23.4 Å². The Bertz CT molecular complexity index is 2250. The van der Waals surface area contributed by atoms with Crippen LogP contribution in [0, 0.1) is 5.82 Å². The van der Waals surface area contributed by atoms with Gasteiger partial charge >= 0.3 is 5.97 Å². The first-order chi connectivity index (χ1) is 26.9. The lowest BCUT2D eigenvalue weighted by atomic mass is 9.82. The minimum absolute atomic E-state index is 0.247. The van der Waals surface area contributed by atoms with Crippen molar-refractivity contribution in [2.24, 2.45) is 0 Å². The van der Waals surface area contributed by atoms with Crippen LogP contribution in [-0.4, -0.2) is 19.2 Å². The van der Waals surface area contributed by atoms with E-state index in [1.807, 2.05) is 42.5 Å². The lowest BCUT2D eigenvalue weighted by Gasteiger charge is -2.37.